The van der Waals surface area contributed by atoms with Gasteiger partial charge in [-0.2, -0.15) is 13.2 Å². The minimum atomic E-state index is -4.49. The number of Topliss-reactive ketones (excluding diaryl/α,β-unsaturated/α-hetero) is 1. The highest BCUT2D eigenvalue weighted by Crippen LogP contribution is 2.34. The van der Waals surface area contributed by atoms with Crippen molar-refractivity contribution >= 4 is 21.7 Å². The normalized spacial score (nSPS) is 11.4. The average molecular weight is 325 g/mol. The summed E-state index contributed by atoms with van der Waals surface area (Å²) in [5.74, 6) is -0.149. The molecule has 0 saturated heterocycles. The molecular formula is C12H12BrF3O2. The van der Waals surface area contributed by atoms with Gasteiger partial charge in [0.1, 0.15) is 11.5 Å². The molecule has 0 bridgehead atoms. The summed E-state index contributed by atoms with van der Waals surface area (Å²) in [4.78, 5) is 11.2. The quantitative estimate of drug-likeness (QED) is 0.773. The molecule has 0 amide bonds. The van der Waals surface area contributed by atoms with E-state index in [1.165, 1.54) is 12.1 Å². The van der Waals surface area contributed by atoms with Crippen molar-refractivity contribution in [3.05, 3.63) is 29.3 Å². The van der Waals surface area contributed by atoms with Gasteiger partial charge < -0.3 is 4.74 Å². The molecule has 0 heterocycles. The van der Waals surface area contributed by atoms with Crippen LogP contribution in [-0.2, 0) is 17.4 Å². The van der Waals surface area contributed by atoms with Gasteiger partial charge in [0, 0.05) is 6.42 Å². The Labute approximate surface area is 111 Å². The van der Waals surface area contributed by atoms with Gasteiger partial charge in [-0.15, -0.1) is 0 Å². The first-order chi connectivity index (χ1) is 8.38. The number of alkyl halides is 4. The summed E-state index contributed by atoms with van der Waals surface area (Å²) in [6.07, 6.45) is -4.73. The molecular weight excluding hydrogens is 313 g/mol. The van der Waals surface area contributed by atoms with Gasteiger partial charge in [-0.1, -0.05) is 22.0 Å². The molecule has 1 aromatic rings. The summed E-state index contributed by atoms with van der Waals surface area (Å²) < 4.78 is 43.6. The molecule has 1 rings (SSSR count). The summed E-state index contributed by atoms with van der Waals surface area (Å²) in [6.45, 7) is 1.98. The van der Waals surface area contributed by atoms with Crippen molar-refractivity contribution in [3.63, 3.8) is 0 Å². The number of hydrogen-bond donors (Lipinski definition) is 0. The number of ether oxygens (including phenoxy) is 1. The van der Waals surface area contributed by atoms with E-state index in [9.17, 15) is 18.0 Å². The van der Waals surface area contributed by atoms with Crippen molar-refractivity contribution in [1.29, 1.82) is 0 Å². The summed E-state index contributed by atoms with van der Waals surface area (Å²) in [5, 5.41) is 0.0392. The molecule has 0 saturated carbocycles. The fourth-order valence-electron chi connectivity index (χ4n) is 1.49. The summed E-state index contributed by atoms with van der Waals surface area (Å²) in [5.41, 5.74) is -0.849. The number of carbonyl (C=O) groups is 1. The van der Waals surface area contributed by atoms with Gasteiger partial charge in [0.2, 0.25) is 0 Å². The van der Waals surface area contributed by atoms with Crippen LogP contribution in [0, 0.1) is 0 Å². The van der Waals surface area contributed by atoms with Crippen LogP contribution in [0.4, 0.5) is 13.2 Å². The maximum atomic E-state index is 12.8. The summed E-state index contributed by atoms with van der Waals surface area (Å²) >= 11 is 2.93. The number of benzene rings is 1. The number of carbonyl (C=O) groups excluding carboxylic acids is 1. The molecule has 0 aliphatic carbocycles. The van der Waals surface area contributed by atoms with E-state index < -0.39 is 11.7 Å². The molecule has 2 nitrogen and oxygen atoms in total. The summed E-state index contributed by atoms with van der Waals surface area (Å²) in [6, 6.07) is 3.66. The van der Waals surface area contributed by atoms with Crippen LogP contribution < -0.4 is 4.74 Å². The second kappa shape index (κ2) is 6.22. The van der Waals surface area contributed by atoms with Crippen LogP contribution in [0.5, 0.6) is 5.75 Å². The Morgan fingerprint density at radius 3 is 2.56 bits per heavy atom. The van der Waals surface area contributed by atoms with Gasteiger partial charge in [0.25, 0.3) is 0 Å². The van der Waals surface area contributed by atoms with Gasteiger partial charge in [0.05, 0.1) is 17.5 Å². The molecule has 100 valence electrons. The topological polar surface area (TPSA) is 26.3 Å². The first-order valence-corrected chi connectivity index (χ1v) is 6.41. The maximum absolute atomic E-state index is 12.8. The van der Waals surface area contributed by atoms with Crippen molar-refractivity contribution < 1.29 is 22.7 Å². The predicted molar refractivity (Wildman–Crippen MR) is 65.1 cm³/mol. The first-order valence-electron chi connectivity index (χ1n) is 5.29. The molecule has 0 unspecified atom stereocenters. The van der Waals surface area contributed by atoms with Gasteiger partial charge in [-0.05, 0) is 24.6 Å². The molecule has 0 aliphatic rings. The molecule has 0 fully saturated rings. The molecule has 0 radical (unpaired) electrons. The maximum Gasteiger partial charge on any atom is 0.416 e. The third kappa shape index (κ3) is 4.01. The lowest BCUT2D eigenvalue weighted by Crippen LogP contribution is -2.13. The smallest absolute Gasteiger partial charge is 0.416 e. The predicted octanol–water partition coefficient (Wildman–Crippen LogP) is 3.61. The Morgan fingerprint density at radius 2 is 2.06 bits per heavy atom. The highest BCUT2D eigenvalue weighted by Gasteiger charge is 2.34. The van der Waals surface area contributed by atoms with E-state index in [2.05, 4.69) is 15.9 Å². The van der Waals surface area contributed by atoms with Crippen LogP contribution >= 0.6 is 15.9 Å². The first kappa shape index (κ1) is 15.0. The van der Waals surface area contributed by atoms with E-state index in [0.29, 0.717) is 0 Å². The van der Waals surface area contributed by atoms with Gasteiger partial charge in [-0.25, -0.2) is 0 Å². The summed E-state index contributed by atoms with van der Waals surface area (Å²) in [7, 11) is 0. The third-order valence-electron chi connectivity index (χ3n) is 2.23. The van der Waals surface area contributed by atoms with Crippen LogP contribution in [0.2, 0.25) is 0 Å². The lowest BCUT2D eigenvalue weighted by molar-refractivity contribution is -0.138. The minimum Gasteiger partial charge on any atom is -0.494 e. The SMILES string of the molecule is CCOc1ccc(CC(=O)CBr)c(C(F)(F)F)c1. The zero-order chi connectivity index (χ0) is 13.8. The second-order valence-corrected chi connectivity index (χ2v) is 4.16. The average Bonchev–Trinajstić information content (AvgIpc) is 2.30. The zero-order valence-corrected chi connectivity index (χ0v) is 11.3. The Hall–Kier alpha value is -1.04. The minimum absolute atomic E-state index is 0.0320. The van der Waals surface area contributed by atoms with Gasteiger partial charge >= 0.3 is 6.18 Å². The molecule has 0 spiro atoms. The lowest BCUT2D eigenvalue weighted by atomic mass is 10.0. The van der Waals surface area contributed by atoms with E-state index in [4.69, 9.17) is 4.74 Å². The fourth-order valence-corrected chi connectivity index (χ4v) is 1.69. The highest BCUT2D eigenvalue weighted by atomic mass is 79.9. The number of rotatable bonds is 5. The molecule has 6 heteroatoms. The van der Waals surface area contributed by atoms with E-state index in [0.717, 1.165) is 6.07 Å². The van der Waals surface area contributed by atoms with Crippen LogP contribution in [0.15, 0.2) is 18.2 Å². The van der Waals surface area contributed by atoms with Crippen LogP contribution in [0.3, 0.4) is 0 Å². The van der Waals surface area contributed by atoms with E-state index in [1.54, 1.807) is 6.92 Å². The van der Waals surface area contributed by atoms with Crippen LogP contribution in [0.1, 0.15) is 18.1 Å². The number of ketones is 1. The second-order valence-electron chi connectivity index (χ2n) is 3.60. The Morgan fingerprint density at radius 1 is 1.39 bits per heavy atom. The highest BCUT2D eigenvalue weighted by molar-refractivity contribution is 9.09. The molecule has 18 heavy (non-hydrogen) atoms. The molecule has 0 atom stereocenters. The Kier molecular flexibility index (Phi) is 5.19. The van der Waals surface area contributed by atoms with Crippen LogP contribution in [-0.4, -0.2) is 17.7 Å². The number of halogens is 4. The van der Waals surface area contributed by atoms with Crippen molar-refractivity contribution in [3.8, 4) is 5.75 Å². The standard InChI is InChI=1S/C12H12BrF3O2/c1-2-18-10-4-3-8(5-9(17)7-13)11(6-10)12(14,15)16/h3-4,6H,2,5,7H2,1H3. The van der Waals surface area contributed by atoms with E-state index in [-0.39, 0.29) is 35.5 Å². The van der Waals surface area contributed by atoms with Crippen molar-refractivity contribution in [2.24, 2.45) is 0 Å². The van der Waals surface area contributed by atoms with Crippen molar-refractivity contribution in [2.75, 3.05) is 11.9 Å². The van der Waals surface area contributed by atoms with Gasteiger partial charge in [-0.3, -0.25) is 4.79 Å². The third-order valence-corrected chi connectivity index (χ3v) is 2.86. The van der Waals surface area contributed by atoms with Crippen molar-refractivity contribution in [2.45, 2.75) is 19.5 Å². The monoisotopic (exact) mass is 324 g/mol. The molecule has 1 aromatic carbocycles. The lowest BCUT2D eigenvalue weighted by Gasteiger charge is -2.14. The zero-order valence-electron chi connectivity index (χ0n) is 9.68. The van der Waals surface area contributed by atoms with Crippen LogP contribution in [0.25, 0.3) is 0 Å². The fraction of sp³-hybridized carbons (Fsp3) is 0.417. The molecule has 0 N–H and O–H groups in total. The Balaban J connectivity index is 3.13. The van der Waals surface area contributed by atoms with E-state index >= 15 is 0 Å². The van der Waals surface area contributed by atoms with Gasteiger partial charge in [0.15, 0.2) is 0 Å². The number of hydrogen-bond acceptors (Lipinski definition) is 2. The largest absolute Gasteiger partial charge is 0.494 e. The molecule has 0 aliphatic heterocycles. The Bertz CT molecular complexity index is 430. The molecule has 0 aromatic heterocycles. The van der Waals surface area contributed by atoms with E-state index in [1.807, 2.05) is 0 Å². The van der Waals surface area contributed by atoms with Crippen molar-refractivity contribution in [1.82, 2.24) is 0 Å².